The van der Waals surface area contributed by atoms with Crippen LogP contribution in [0.3, 0.4) is 0 Å². The van der Waals surface area contributed by atoms with Gasteiger partial charge in [-0.1, -0.05) is 19.9 Å². The fourth-order valence-electron chi connectivity index (χ4n) is 2.19. The van der Waals surface area contributed by atoms with E-state index >= 15 is 0 Å². The number of aromatic nitrogens is 3. The van der Waals surface area contributed by atoms with E-state index in [0.717, 1.165) is 18.3 Å². The molecule has 0 radical (unpaired) electrons. The summed E-state index contributed by atoms with van der Waals surface area (Å²) in [5.74, 6) is 1.76. The van der Waals surface area contributed by atoms with E-state index in [1.165, 1.54) is 4.88 Å². The van der Waals surface area contributed by atoms with E-state index in [-0.39, 0.29) is 29.4 Å². The van der Waals surface area contributed by atoms with Gasteiger partial charge in [0.1, 0.15) is 12.2 Å². The first-order chi connectivity index (χ1) is 10.4. The zero-order chi connectivity index (χ0) is 16.2. The molecule has 2 rings (SSSR count). The van der Waals surface area contributed by atoms with Gasteiger partial charge >= 0.3 is 0 Å². The van der Waals surface area contributed by atoms with Crippen molar-refractivity contribution in [1.29, 1.82) is 0 Å². The Labute approximate surface area is 159 Å². The number of hydrogen-bond acceptors (Lipinski definition) is 4. The second kappa shape index (κ2) is 8.62. The predicted molar refractivity (Wildman–Crippen MR) is 107 cm³/mol. The van der Waals surface area contributed by atoms with Gasteiger partial charge in [-0.3, -0.25) is 9.67 Å². The molecule has 0 spiro atoms. The van der Waals surface area contributed by atoms with Gasteiger partial charge in [0, 0.05) is 38.0 Å². The van der Waals surface area contributed by atoms with Crippen molar-refractivity contribution in [3.63, 3.8) is 0 Å². The smallest absolute Gasteiger partial charge is 0.193 e. The molecule has 1 N–H and O–H groups in total. The average Bonchev–Trinajstić information content (AvgIpc) is 3.12. The molecule has 0 aliphatic carbocycles. The molecule has 0 fully saturated rings. The molecule has 2 heterocycles. The molecule has 0 aliphatic rings. The Kier molecular flexibility index (Phi) is 7.46. The second-order valence-corrected chi connectivity index (χ2v) is 6.87. The van der Waals surface area contributed by atoms with Crippen LogP contribution >= 0.6 is 35.3 Å². The standard InChI is InChI=1S/C15H24N6S.HI/c1-15(2,12-7-6-8-22-12)10-17-14(16-3)20(4)9-13-18-11-19-21(13)5;/h6-8,11H,9-10H2,1-5H3,(H,16,17);1H. The molecule has 2 aromatic rings. The minimum Gasteiger partial charge on any atom is -0.355 e. The van der Waals surface area contributed by atoms with Gasteiger partial charge in [-0.15, -0.1) is 35.3 Å². The maximum atomic E-state index is 4.36. The zero-order valence-electron chi connectivity index (χ0n) is 14.3. The maximum absolute atomic E-state index is 4.36. The minimum absolute atomic E-state index is 0. The Hall–Kier alpha value is -1.16. The quantitative estimate of drug-likeness (QED) is 0.434. The van der Waals surface area contributed by atoms with Crippen molar-refractivity contribution in [2.75, 3.05) is 20.6 Å². The van der Waals surface area contributed by atoms with Gasteiger partial charge in [0.15, 0.2) is 5.96 Å². The van der Waals surface area contributed by atoms with E-state index in [9.17, 15) is 0 Å². The highest BCUT2D eigenvalue weighted by Crippen LogP contribution is 2.26. The minimum atomic E-state index is 0. The number of aliphatic imine (C=N–C) groups is 1. The molecule has 23 heavy (non-hydrogen) atoms. The van der Waals surface area contributed by atoms with Crippen LogP contribution in [0.2, 0.25) is 0 Å². The first-order valence-electron chi connectivity index (χ1n) is 7.22. The summed E-state index contributed by atoms with van der Waals surface area (Å²) in [6.07, 6.45) is 1.57. The van der Waals surface area contributed by atoms with E-state index in [1.54, 1.807) is 29.4 Å². The van der Waals surface area contributed by atoms with Crippen LogP contribution in [-0.4, -0.2) is 46.3 Å². The van der Waals surface area contributed by atoms with Crippen molar-refractivity contribution in [2.45, 2.75) is 25.8 Å². The lowest BCUT2D eigenvalue weighted by molar-refractivity contribution is 0.433. The lowest BCUT2D eigenvalue weighted by Crippen LogP contribution is -2.44. The number of guanidine groups is 1. The molecule has 0 bridgehead atoms. The van der Waals surface area contributed by atoms with Crippen molar-refractivity contribution >= 4 is 41.3 Å². The van der Waals surface area contributed by atoms with Crippen molar-refractivity contribution < 1.29 is 0 Å². The number of halogens is 1. The largest absolute Gasteiger partial charge is 0.355 e. The monoisotopic (exact) mass is 448 g/mol. The van der Waals surface area contributed by atoms with Crippen LogP contribution in [0.1, 0.15) is 24.5 Å². The highest BCUT2D eigenvalue weighted by molar-refractivity contribution is 14.0. The van der Waals surface area contributed by atoms with Crippen LogP contribution in [0.4, 0.5) is 0 Å². The Morgan fingerprint density at radius 3 is 2.74 bits per heavy atom. The van der Waals surface area contributed by atoms with Gasteiger partial charge in [-0.25, -0.2) is 4.98 Å². The summed E-state index contributed by atoms with van der Waals surface area (Å²) in [6, 6.07) is 4.27. The van der Waals surface area contributed by atoms with Gasteiger partial charge in [-0.05, 0) is 11.4 Å². The van der Waals surface area contributed by atoms with Crippen molar-refractivity contribution in [2.24, 2.45) is 12.0 Å². The van der Waals surface area contributed by atoms with Crippen molar-refractivity contribution in [3.05, 3.63) is 34.5 Å². The van der Waals surface area contributed by atoms with E-state index in [4.69, 9.17) is 0 Å². The fraction of sp³-hybridized carbons (Fsp3) is 0.533. The Bertz CT molecular complexity index is 620. The molecule has 0 aromatic carbocycles. The van der Waals surface area contributed by atoms with E-state index in [2.05, 4.69) is 56.7 Å². The maximum Gasteiger partial charge on any atom is 0.193 e. The first kappa shape index (κ1) is 19.9. The van der Waals surface area contributed by atoms with Crippen LogP contribution in [0.5, 0.6) is 0 Å². The zero-order valence-corrected chi connectivity index (χ0v) is 17.4. The van der Waals surface area contributed by atoms with Crippen LogP contribution in [0.25, 0.3) is 0 Å². The fourth-order valence-corrected chi connectivity index (χ4v) is 3.04. The Balaban J connectivity index is 0.00000264. The number of nitrogens with one attached hydrogen (secondary N) is 1. The molecule has 0 aliphatic heterocycles. The molecular weight excluding hydrogens is 423 g/mol. The van der Waals surface area contributed by atoms with Crippen LogP contribution < -0.4 is 5.32 Å². The summed E-state index contributed by atoms with van der Waals surface area (Å²) in [4.78, 5) is 12.0. The molecular formula is C15H25IN6S. The van der Waals surface area contributed by atoms with Gasteiger partial charge in [0.25, 0.3) is 0 Å². The third kappa shape index (κ3) is 5.17. The first-order valence-corrected chi connectivity index (χ1v) is 8.10. The normalized spacial score (nSPS) is 12.0. The number of hydrogen-bond donors (Lipinski definition) is 1. The molecule has 2 aromatic heterocycles. The van der Waals surface area contributed by atoms with Crippen molar-refractivity contribution in [1.82, 2.24) is 25.0 Å². The number of nitrogens with zero attached hydrogens (tertiary/aromatic N) is 5. The number of rotatable bonds is 5. The highest BCUT2D eigenvalue weighted by atomic mass is 127. The summed E-state index contributed by atoms with van der Waals surface area (Å²) in [7, 11) is 5.70. The van der Waals surface area contributed by atoms with Crippen LogP contribution in [0.15, 0.2) is 28.8 Å². The Morgan fingerprint density at radius 2 is 2.22 bits per heavy atom. The summed E-state index contributed by atoms with van der Waals surface area (Å²) in [6.45, 7) is 5.96. The summed E-state index contributed by atoms with van der Waals surface area (Å²) >= 11 is 1.79. The molecule has 0 atom stereocenters. The second-order valence-electron chi connectivity index (χ2n) is 5.92. The number of thiophene rings is 1. The van der Waals surface area contributed by atoms with Gasteiger partial charge in [0.2, 0.25) is 0 Å². The van der Waals surface area contributed by atoms with Crippen LogP contribution in [0, 0.1) is 0 Å². The molecule has 128 valence electrons. The van der Waals surface area contributed by atoms with Crippen molar-refractivity contribution in [3.8, 4) is 0 Å². The highest BCUT2D eigenvalue weighted by Gasteiger charge is 2.22. The van der Waals surface area contributed by atoms with Crippen LogP contribution in [-0.2, 0) is 19.0 Å². The molecule has 6 nitrogen and oxygen atoms in total. The van der Waals surface area contributed by atoms with E-state index in [1.807, 2.05) is 14.1 Å². The average molecular weight is 448 g/mol. The molecule has 0 unspecified atom stereocenters. The lowest BCUT2D eigenvalue weighted by atomic mass is 9.91. The van der Waals surface area contributed by atoms with E-state index < -0.39 is 0 Å². The molecule has 0 amide bonds. The van der Waals surface area contributed by atoms with Gasteiger partial charge < -0.3 is 10.2 Å². The Morgan fingerprint density at radius 1 is 1.48 bits per heavy atom. The topological polar surface area (TPSA) is 58.3 Å². The summed E-state index contributed by atoms with van der Waals surface area (Å²) in [5.41, 5.74) is 0.0652. The predicted octanol–water partition coefficient (Wildman–Crippen LogP) is 2.48. The SMILES string of the molecule is CN=C(NCC(C)(C)c1cccs1)N(C)Cc1ncnn1C.I. The third-order valence-corrected chi connectivity index (χ3v) is 4.87. The van der Waals surface area contributed by atoms with E-state index in [0.29, 0.717) is 6.54 Å². The molecule has 0 saturated heterocycles. The summed E-state index contributed by atoms with van der Waals surface area (Å²) in [5, 5.41) is 9.67. The van der Waals surface area contributed by atoms with Gasteiger partial charge in [0.05, 0.1) is 6.54 Å². The lowest BCUT2D eigenvalue weighted by Gasteiger charge is -2.28. The summed E-state index contributed by atoms with van der Waals surface area (Å²) < 4.78 is 1.78. The molecule has 8 heteroatoms. The molecule has 0 saturated carbocycles. The number of aryl methyl sites for hydroxylation is 1. The van der Waals surface area contributed by atoms with Gasteiger partial charge in [-0.2, -0.15) is 5.10 Å². The third-order valence-electron chi connectivity index (χ3n) is 3.63.